The number of pyridine rings is 1. The van der Waals surface area contributed by atoms with Gasteiger partial charge >= 0.3 is 0 Å². The van der Waals surface area contributed by atoms with Gasteiger partial charge in [0.25, 0.3) is 0 Å². The van der Waals surface area contributed by atoms with Crippen molar-refractivity contribution < 1.29 is 0 Å². The summed E-state index contributed by atoms with van der Waals surface area (Å²) in [6.45, 7) is 2.21. The summed E-state index contributed by atoms with van der Waals surface area (Å²) in [5.74, 6) is 0.473. The Bertz CT molecular complexity index is 491. The average molecular weight is 280 g/mol. The van der Waals surface area contributed by atoms with Gasteiger partial charge in [-0.2, -0.15) is 0 Å². The van der Waals surface area contributed by atoms with Gasteiger partial charge in [-0.1, -0.05) is 36.2 Å². The van der Waals surface area contributed by atoms with Gasteiger partial charge in [-0.15, -0.1) is 0 Å². The van der Waals surface area contributed by atoms with Crippen molar-refractivity contribution in [1.29, 1.82) is 0 Å². The van der Waals surface area contributed by atoms with Gasteiger partial charge in [0.05, 0.1) is 0 Å². The normalized spacial score (nSPS) is 12.4. The summed E-state index contributed by atoms with van der Waals surface area (Å²) in [5.41, 5.74) is 2.34. The first-order valence-corrected chi connectivity index (χ1v) is 6.77. The van der Waals surface area contributed by atoms with Crippen LogP contribution in [0.4, 0.5) is 0 Å². The fourth-order valence-corrected chi connectivity index (χ4v) is 2.58. The summed E-state index contributed by atoms with van der Waals surface area (Å²) in [6, 6.07) is 9.76. The monoisotopic (exact) mass is 279 g/mol. The van der Waals surface area contributed by atoms with Gasteiger partial charge in [-0.3, -0.25) is 4.98 Å². The van der Waals surface area contributed by atoms with Gasteiger partial charge < -0.3 is 0 Å². The van der Waals surface area contributed by atoms with Crippen LogP contribution in [0.5, 0.6) is 0 Å². The molecule has 0 fully saturated rings. The fourth-order valence-electron chi connectivity index (χ4n) is 1.99. The lowest BCUT2D eigenvalue weighted by atomic mass is 9.95. The van der Waals surface area contributed by atoms with Crippen LogP contribution < -0.4 is 0 Å². The van der Waals surface area contributed by atoms with Crippen LogP contribution in [0, 0.1) is 0 Å². The second kappa shape index (κ2) is 6.21. The zero-order valence-electron chi connectivity index (χ0n) is 10.2. The molecule has 0 radical (unpaired) electrons. The zero-order chi connectivity index (χ0) is 13.0. The smallest absolute Gasteiger partial charge is 0.0452 e. The van der Waals surface area contributed by atoms with E-state index in [0.717, 1.165) is 28.5 Å². The summed E-state index contributed by atoms with van der Waals surface area (Å²) >= 11 is 12.3. The van der Waals surface area contributed by atoms with Crippen LogP contribution in [0.15, 0.2) is 42.7 Å². The van der Waals surface area contributed by atoms with E-state index >= 15 is 0 Å². The van der Waals surface area contributed by atoms with Crippen LogP contribution in [-0.2, 0) is 6.42 Å². The number of nitrogens with zero attached hydrogens (tertiary/aromatic N) is 1. The minimum absolute atomic E-state index is 0.473. The first kappa shape index (κ1) is 13.4. The van der Waals surface area contributed by atoms with Gasteiger partial charge in [-0.25, -0.2) is 0 Å². The van der Waals surface area contributed by atoms with Crippen molar-refractivity contribution in [2.24, 2.45) is 0 Å². The van der Waals surface area contributed by atoms with E-state index < -0.39 is 0 Å². The molecule has 0 bridgehead atoms. The molecule has 1 atom stereocenters. The third-order valence-electron chi connectivity index (χ3n) is 3.16. The summed E-state index contributed by atoms with van der Waals surface area (Å²) < 4.78 is 0. The lowest BCUT2D eigenvalue weighted by Crippen LogP contribution is -1.97. The van der Waals surface area contributed by atoms with Crippen molar-refractivity contribution in [3.63, 3.8) is 0 Å². The maximum atomic E-state index is 6.16. The van der Waals surface area contributed by atoms with Crippen molar-refractivity contribution in [1.82, 2.24) is 4.98 Å². The number of halogens is 2. The molecule has 1 aromatic carbocycles. The van der Waals surface area contributed by atoms with Crippen molar-refractivity contribution in [2.75, 3.05) is 0 Å². The number of benzene rings is 1. The molecule has 0 saturated carbocycles. The van der Waals surface area contributed by atoms with Crippen LogP contribution in [0.3, 0.4) is 0 Å². The molecule has 0 aliphatic carbocycles. The number of hydrogen-bond donors (Lipinski definition) is 0. The minimum atomic E-state index is 0.473. The summed E-state index contributed by atoms with van der Waals surface area (Å²) in [4.78, 5) is 4.03. The Morgan fingerprint density at radius 2 is 1.67 bits per heavy atom. The Labute approximate surface area is 118 Å². The molecule has 1 nitrogen and oxygen atoms in total. The molecule has 0 aliphatic heterocycles. The Kier molecular flexibility index (Phi) is 4.62. The summed E-state index contributed by atoms with van der Waals surface area (Å²) in [5, 5.41) is 1.51. The molecule has 1 unspecified atom stereocenters. The topological polar surface area (TPSA) is 12.9 Å². The summed E-state index contributed by atoms with van der Waals surface area (Å²) in [7, 11) is 0. The van der Waals surface area contributed by atoms with E-state index in [2.05, 4.69) is 24.0 Å². The predicted molar refractivity (Wildman–Crippen MR) is 77.4 cm³/mol. The van der Waals surface area contributed by atoms with Crippen molar-refractivity contribution in [2.45, 2.75) is 25.7 Å². The Balaban J connectivity index is 2.04. The number of hydrogen-bond acceptors (Lipinski definition) is 1. The van der Waals surface area contributed by atoms with Gasteiger partial charge in [0.1, 0.15) is 0 Å². The van der Waals surface area contributed by atoms with Crippen LogP contribution in [0.1, 0.15) is 30.4 Å². The molecule has 1 aromatic heterocycles. The Hall–Kier alpha value is -1.05. The van der Waals surface area contributed by atoms with Crippen molar-refractivity contribution >= 4 is 23.2 Å². The van der Waals surface area contributed by atoms with Crippen LogP contribution in [0.2, 0.25) is 10.0 Å². The first-order valence-electron chi connectivity index (χ1n) is 6.01. The van der Waals surface area contributed by atoms with E-state index in [1.54, 1.807) is 0 Å². The molecule has 94 valence electrons. The average Bonchev–Trinajstić information content (AvgIpc) is 2.39. The molecule has 1 heterocycles. The van der Waals surface area contributed by atoms with E-state index in [9.17, 15) is 0 Å². The van der Waals surface area contributed by atoms with E-state index in [1.807, 2.05) is 30.6 Å². The van der Waals surface area contributed by atoms with Gasteiger partial charge in [0.2, 0.25) is 0 Å². The Morgan fingerprint density at radius 1 is 1.06 bits per heavy atom. The molecule has 0 amide bonds. The lowest BCUT2D eigenvalue weighted by Gasteiger charge is -2.13. The SMILES string of the molecule is CC(CCc1c(Cl)cccc1Cl)c1ccncc1. The molecule has 2 aromatic rings. The fraction of sp³-hybridized carbons (Fsp3) is 0.267. The lowest BCUT2D eigenvalue weighted by molar-refractivity contribution is 0.679. The summed E-state index contributed by atoms with van der Waals surface area (Å²) in [6.07, 6.45) is 5.57. The van der Waals surface area contributed by atoms with E-state index in [4.69, 9.17) is 23.2 Å². The molecule has 0 aliphatic rings. The highest BCUT2D eigenvalue weighted by Gasteiger charge is 2.09. The van der Waals surface area contributed by atoms with Crippen LogP contribution >= 0.6 is 23.2 Å². The van der Waals surface area contributed by atoms with E-state index in [0.29, 0.717) is 5.92 Å². The number of rotatable bonds is 4. The third kappa shape index (κ3) is 3.24. The molecule has 0 spiro atoms. The molecule has 0 N–H and O–H groups in total. The van der Waals surface area contributed by atoms with Gasteiger partial charge in [0.15, 0.2) is 0 Å². The highest BCUT2D eigenvalue weighted by Crippen LogP contribution is 2.28. The standard InChI is InChI=1S/C15H15Cl2N/c1-11(12-7-9-18-10-8-12)5-6-13-14(16)3-2-4-15(13)17/h2-4,7-11H,5-6H2,1H3. The highest BCUT2D eigenvalue weighted by atomic mass is 35.5. The van der Waals surface area contributed by atoms with Crippen molar-refractivity contribution in [3.8, 4) is 0 Å². The van der Waals surface area contributed by atoms with Crippen molar-refractivity contribution in [3.05, 3.63) is 63.9 Å². The first-order chi connectivity index (χ1) is 8.68. The molecule has 18 heavy (non-hydrogen) atoms. The minimum Gasteiger partial charge on any atom is -0.265 e. The maximum absolute atomic E-state index is 6.16. The van der Waals surface area contributed by atoms with E-state index in [-0.39, 0.29) is 0 Å². The van der Waals surface area contributed by atoms with Gasteiger partial charge in [0, 0.05) is 22.4 Å². The highest BCUT2D eigenvalue weighted by molar-refractivity contribution is 6.35. The molecule has 0 saturated heterocycles. The molecular weight excluding hydrogens is 265 g/mol. The third-order valence-corrected chi connectivity index (χ3v) is 3.87. The van der Waals surface area contributed by atoms with E-state index in [1.165, 1.54) is 5.56 Å². The maximum Gasteiger partial charge on any atom is 0.0452 e. The number of aromatic nitrogens is 1. The quantitative estimate of drug-likeness (QED) is 0.757. The zero-order valence-corrected chi connectivity index (χ0v) is 11.7. The Morgan fingerprint density at radius 3 is 2.28 bits per heavy atom. The van der Waals surface area contributed by atoms with Crippen LogP contribution in [-0.4, -0.2) is 4.98 Å². The molecule has 3 heteroatoms. The van der Waals surface area contributed by atoms with Crippen LogP contribution in [0.25, 0.3) is 0 Å². The predicted octanol–water partition coefficient (Wildman–Crippen LogP) is 5.12. The second-order valence-electron chi connectivity index (χ2n) is 4.42. The second-order valence-corrected chi connectivity index (χ2v) is 5.23. The molecular formula is C15H15Cl2N. The molecule has 2 rings (SSSR count). The van der Waals surface area contributed by atoms with Gasteiger partial charge in [-0.05, 0) is 54.2 Å². The largest absolute Gasteiger partial charge is 0.265 e.